The lowest BCUT2D eigenvalue weighted by Crippen LogP contribution is -2.40. The molecule has 132 valence electrons. The predicted molar refractivity (Wildman–Crippen MR) is 89.5 cm³/mol. The van der Waals surface area contributed by atoms with Crippen LogP contribution in [0.25, 0.3) is 0 Å². The van der Waals surface area contributed by atoms with Crippen LogP contribution in [0.4, 0.5) is 10.1 Å². The van der Waals surface area contributed by atoms with Crippen LogP contribution in [0.2, 0.25) is 0 Å². The fraction of sp³-hybridized carbons (Fsp3) is 0.500. The molecule has 3 atom stereocenters. The molecule has 8 heteroatoms. The van der Waals surface area contributed by atoms with Crippen molar-refractivity contribution >= 4 is 29.9 Å². The summed E-state index contributed by atoms with van der Waals surface area (Å²) >= 11 is 0. The number of hydrogen-bond acceptors (Lipinski definition) is 4. The molecular weight excluding hydrogens is 337 g/mol. The van der Waals surface area contributed by atoms with Gasteiger partial charge in [0.2, 0.25) is 11.8 Å². The number of rotatable bonds is 4. The molecule has 1 aromatic rings. The van der Waals surface area contributed by atoms with Crippen LogP contribution in [0.1, 0.15) is 6.42 Å². The van der Waals surface area contributed by atoms with Gasteiger partial charge in [-0.2, -0.15) is 0 Å². The van der Waals surface area contributed by atoms with E-state index in [1.54, 1.807) is 0 Å². The second-order valence-electron chi connectivity index (χ2n) is 6.04. The van der Waals surface area contributed by atoms with E-state index in [1.807, 2.05) is 0 Å². The Bertz CT molecular complexity index is 599. The highest BCUT2D eigenvalue weighted by atomic mass is 35.5. The molecule has 2 heterocycles. The quantitative estimate of drug-likeness (QED) is 0.677. The van der Waals surface area contributed by atoms with Crippen molar-refractivity contribution < 1.29 is 19.1 Å². The molecule has 0 aliphatic carbocycles. The lowest BCUT2D eigenvalue weighted by atomic mass is 10.0. The van der Waals surface area contributed by atoms with Crippen molar-refractivity contribution in [2.45, 2.75) is 12.5 Å². The minimum Gasteiger partial charge on any atom is -0.391 e. The summed E-state index contributed by atoms with van der Waals surface area (Å²) in [6, 6.07) is 5.66. The number of carbonyl (C=O) groups is 2. The number of amides is 2. The lowest BCUT2D eigenvalue weighted by Gasteiger charge is -2.18. The first-order valence-electron chi connectivity index (χ1n) is 7.79. The minimum atomic E-state index is -0.716. The van der Waals surface area contributed by atoms with Crippen LogP contribution in [0.3, 0.4) is 0 Å². The van der Waals surface area contributed by atoms with Crippen molar-refractivity contribution in [3.63, 3.8) is 0 Å². The first-order chi connectivity index (χ1) is 11.1. The third-order valence-electron chi connectivity index (χ3n) is 4.50. The van der Waals surface area contributed by atoms with E-state index in [9.17, 15) is 19.1 Å². The average molecular weight is 358 g/mol. The Kier molecular flexibility index (Phi) is 6.15. The molecule has 3 rings (SSSR count). The molecule has 3 N–H and O–H groups in total. The summed E-state index contributed by atoms with van der Waals surface area (Å²) in [4.78, 5) is 26.1. The van der Waals surface area contributed by atoms with Gasteiger partial charge in [0, 0.05) is 37.8 Å². The van der Waals surface area contributed by atoms with Gasteiger partial charge in [0.1, 0.15) is 11.7 Å². The molecule has 0 radical (unpaired) electrons. The summed E-state index contributed by atoms with van der Waals surface area (Å²) in [5.74, 6) is -1.67. The highest BCUT2D eigenvalue weighted by Crippen LogP contribution is 2.25. The summed E-state index contributed by atoms with van der Waals surface area (Å²) in [5, 5.41) is 15.5. The van der Waals surface area contributed by atoms with Gasteiger partial charge in [0.25, 0.3) is 0 Å². The summed E-state index contributed by atoms with van der Waals surface area (Å²) in [5.41, 5.74) is 0.599. The van der Waals surface area contributed by atoms with Gasteiger partial charge in [0.05, 0.1) is 6.10 Å². The van der Waals surface area contributed by atoms with Crippen molar-refractivity contribution in [3.05, 3.63) is 30.1 Å². The van der Waals surface area contributed by atoms with Gasteiger partial charge in [-0.1, -0.05) is 0 Å². The molecule has 1 aromatic carbocycles. The predicted octanol–water partition coefficient (Wildman–Crippen LogP) is 0.297. The van der Waals surface area contributed by atoms with E-state index in [4.69, 9.17) is 0 Å². The maximum atomic E-state index is 13.0. The van der Waals surface area contributed by atoms with E-state index in [2.05, 4.69) is 10.6 Å². The summed E-state index contributed by atoms with van der Waals surface area (Å²) < 4.78 is 13.0. The molecule has 0 saturated carbocycles. The molecule has 2 fully saturated rings. The fourth-order valence-corrected chi connectivity index (χ4v) is 3.08. The Morgan fingerprint density at radius 3 is 2.67 bits per heavy atom. The monoisotopic (exact) mass is 357 g/mol. The molecule has 0 bridgehead atoms. The third-order valence-corrected chi connectivity index (χ3v) is 4.50. The van der Waals surface area contributed by atoms with Crippen LogP contribution >= 0.6 is 12.4 Å². The molecule has 24 heavy (non-hydrogen) atoms. The molecule has 0 aromatic heterocycles. The number of carbonyl (C=O) groups excluding carboxylic acids is 2. The van der Waals surface area contributed by atoms with E-state index in [0.717, 1.165) is 0 Å². The van der Waals surface area contributed by atoms with E-state index >= 15 is 0 Å². The van der Waals surface area contributed by atoms with Crippen LogP contribution in [0.15, 0.2) is 24.3 Å². The number of β-amino-alcohol motifs (C(OH)–C–C–N with tert-alkyl or cyclic N) is 1. The normalized spacial score (nSPS) is 26.3. The summed E-state index contributed by atoms with van der Waals surface area (Å²) in [6.45, 7) is 1.98. The van der Waals surface area contributed by atoms with Crippen LogP contribution in [0.5, 0.6) is 0 Å². The van der Waals surface area contributed by atoms with Crippen molar-refractivity contribution in [1.29, 1.82) is 0 Å². The SMILES string of the molecule is Cl.O=C(NCC1CNCC1O)C1CCN(c2ccc(F)cc2)C1=O. The Morgan fingerprint density at radius 1 is 1.33 bits per heavy atom. The second kappa shape index (κ2) is 7.92. The molecule has 2 aliphatic heterocycles. The Labute approximate surface area is 145 Å². The smallest absolute Gasteiger partial charge is 0.239 e. The van der Waals surface area contributed by atoms with Crippen molar-refractivity contribution in [3.8, 4) is 0 Å². The number of nitrogens with one attached hydrogen (secondary N) is 2. The fourth-order valence-electron chi connectivity index (χ4n) is 3.08. The van der Waals surface area contributed by atoms with E-state index in [1.165, 1.54) is 29.2 Å². The molecule has 0 spiro atoms. The molecular formula is C16H21ClFN3O3. The largest absolute Gasteiger partial charge is 0.391 e. The van der Waals surface area contributed by atoms with Gasteiger partial charge in [-0.05, 0) is 30.7 Å². The second-order valence-corrected chi connectivity index (χ2v) is 6.04. The van der Waals surface area contributed by atoms with Crippen molar-refractivity contribution in [2.24, 2.45) is 11.8 Å². The Morgan fingerprint density at radius 2 is 2.04 bits per heavy atom. The standard InChI is InChI=1S/C16H20FN3O3.ClH/c17-11-1-3-12(4-2-11)20-6-5-13(16(20)23)15(22)19-8-10-7-18-9-14(10)21;/h1-4,10,13-14,18,21H,5-9H2,(H,19,22);1H. The molecule has 2 saturated heterocycles. The zero-order valence-corrected chi connectivity index (χ0v) is 13.9. The van der Waals surface area contributed by atoms with Crippen LogP contribution in [-0.2, 0) is 9.59 Å². The summed E-state index contributed by atoms with van der Waals surface area (Å²) in [7, 11) is 0. The maximum absolute atomic E-state index is 13.0. The van der Waals surface area contributed by atoms with Crippen LogP contribution in [0, 0.1) is 17.7 Å². The molecule has 3 unspecified atom stereocenters. The van der Waals surface area contributed by atoms with Gasteiger partial charge in [-0.25, -0.2) is 4.39 Å². The highest BCUT2D eigenvalue weighted by Gasteiger charge is 2.38. The van der Waals surface area contributed by atoms with Crippen molar-refractivity contribution in [1.82, 2.24) is 10.6 Å². The maximum Gasteiger partial charge on any atom is 0.239 e. The van der Waals surface area contributed by atoms with Gasteiger partial charge < -0.3 is 20.6 Å². The van der Waals surface area contributed by atoms with E-state index in [0.29, 0.717) is 38.3 Å². The number of aliphatic hydroxyl groups excluding tert-OH is 1. The van der Waals surface area contributed by atoms with Crippen LogP contribution < -0.4 is 15.5 Å². The molecule has 6 nitrogen and oxygen atoms in total. The van der Waals surface area contributed by atoms with Gasteiger partial charge in [0.15, 0.2) is 0 Å². The molecule has 2 amide bonds. The first kappa shape index (κ1) is 18.6. The number of nitrogens with zero attached hydrogens (tertiary/aromatic N) is 1. The number of halogens is 2. The van der Waals surface area contributed by atoms with Gasteiger partial charge >= 0.3 is 0 Å². The lowest BCUT2D eigenvalue weighted by molar-refractivity contribution is -0.132. The number of hydrogen-bond donors (Lipinski definition) is 3. The van der Waals surface area contributed by atoms with Crippen molar-refractivity contribution in [2.75, 3.05) is 31.1 Å². The first-order valence-corrected chi connectivity index (χ1v) is 7.79. The number of anilines is 1. The van der Waals surface area contributed by atoms with E-state index < -0.39 is 12.0 Å². The zero-order valence-electron chi connectivity index (χ0n) is 13.1. The van der Waals surface area contributed by atoms with Gasteiger partial charge in [-0.15, -0.1) is 12.4 Å². The minimum absolute atomic E-state index is 0. The Hall–Kier alpha value is -1.70. The highest BCUT2D eigenvalue weighted by molar-refractivity contribution is 6.09. The molecule has 2 aliphatic rings. The third kappa shape index (κ3) is 3.85. The zero-order chi connectivity index (χ0) is 16.4. The number of benzene rings is 1. The summed E-state index contributed by atoms with van der Waals surface area (Å²) in [6.07, 6.45) is -0.0293. The Balaban J connectivity index is 0.00000208. The topological polar surface area (TPSA) is 81.7 Å². The van der Waals surface area contributed by atoms with Crippen LogP contribution in [-0.4, -0.2) is 49.2 Å². The number of aliphatic hydroxyl groups is 1. The van der Waals surface area contributed by atoms with Gasteiger partial charge in [-0.3, -0.25) is 9.59 Å². The van der Waals surface area contributed by atoms with E-state index in [-0.39, 0.29) is 36.0 Å². The average Bonchev–Trinajstić information content (AvgIpc) is 3.12.